The van der Waals surface area contributed by atoms with Crippen LogP contribution < -0.4 is 9.64 Å². The molecule has 3 heterocycles. The number of rotatable bonds is 1. The molecular formula is C14H21N3O. The fourth-order valence-corrected chi connectivity index (χ4v) is 2.89. The van der Waals surface area contributed by atoms with Crippen LogP contribution in [0.5, 0.6) is 5.75 Å². The molecule has 0 unspecified atom stereocenters. The Kier molecular flexibility index (Phi) is 3.12. The average molecular weight is 247 g/mol. The monoisotopic (exact) mass is 247 g/mol. The van der Waals surface area contributed by atoms with Gasteiger partial charge in [-0.25, -0.2) is 4.98 Å². The summed E-state index contributed by atoms with van der Waals surface area (Å²) < 4.78 is 5.87. The second-order valence-corrected chi connectivity index (χ2v) is 5.21. The smallest absolute Gasteiger partial charge is 0.171 e. The molecule has 4 heteroatoms. The summed E-state index contributed by atoms with van der Waals surface area (Å²) in [6.07, 6.45) is 3.03. The third kappa shape index (κ3) is 2.05. The van der Waals surface area contributed by atoms with E-state index in [2.05, 4.69) is 34.7 Å². The summed E-state index contributed by atoms with van der Waals surface area (Å²) in [5, 5.41) is 0. The lowest BCUT2D eigenvalue weighted by Gasteiger charge is -2.40. The number of piperazine rings is 1. The number of likely N-dealkylation sites (N-methyl/N-ethyl adjacent to an activating group) is 1. The summed E-state index contributed by atoms with van der Waals surface area (Å²) in [4.78, 5) is 9.55. The van der Waals surface area contributed by atoms with Crippen LogP contribution in [0.2, 0.25) is 0 Å². The quantitative estimate of drug-likeness (QED) is 0.755. The molecule has 1 fully saturated rings. The van der Waals surface area contributed by atoms with E-state index in [1.54, 1.807) is 0 Å². The van der Waals surface area contributed by atoms with Gasteiger partial charge in [-0.1, -0.05) is 6.92 Å². The number of hydrogen-bond acceptors (Lipinski definition) is 4. The molecule has 0 bridgehead atoms. The van der Waals surface area contributed by atoms with Crippen molar-refractivity contribution in [2.45, 2.75) is 26.3 Å². The molecule has 2 aliphatic rings. The Labute approximate surface area is 109 Å². The highest BCUT2D eigenvalue weighted by Gasteiger charge is 2.31. The van der Waals surface area contributed by atoms with Gasteiger partial charge in [-0.3, -0.25) is 4.90 Å². The SMILES string of the molecule is CCN1CCN2c3ncc(C)cc3OCC[C@H]2C1. The van der Waals surface area contributed by atoms with Crippen LogP contribution in [-0.4, -0.2) is 48.7 Å². The van der Waals surface area contributed by atoms with Crippen LogP contribution in [0, 0.1) is 6.92 Å². The van der Waals surface area contributed by atoms with Crippen LogP contribution >= 0.6 is 0 Å². The van der Waals surface area contributed by atoms with E-state index in [-0.39, 0.29) is 0 Å². The normalized spacial score (nSPS) is 23.9. The van der Waals surface area contributed by atoms with E-state index in [0.29, 0.717) is 6.04 Å². The molecule has 2 aliphatic heterocycles. The topological polar surface area (TPSA) is 28.6 Å². The van der Waals surface area contributed by atoms with Gasteiger partial charge in [0.2, 0.25) is 0 Å². The molecule has 18 heavy (non-hydrogen) atoms. The van der Waals surface area contributed by atoms with Gasteiger partial charge in [-0.05, 0) is 25.1 Å². The van der Waals surface area contributed by atoms with Crippen LogP contribution in [0.3, 0.4) is 0 Å². The van der Waals surface area contributed by atoms with Gasteiger partial charge in [0, 0.05) is 38.3 Å². The zero-order chi connectivity index (χ0) is 12.5. The lowest BCUT2D eigenvalue weighted by Crippen LogP contribution is -2.53. The van der Waals surface area contributed by atoms with Gasteiger partial charge in [-0.2, -0.15) is 0 Å². The molecule has 0 saturated carbocycles. The second kappa shape index (κ2) is 4.76. The van der Waals surface area contributed by atoms with Crippen molar-refractivity contribution in [3.8, 4) is 5.75 Å². The first-order chi connectivity index (χ1) is 8.78. The van der Waals surface area contributed by atoms with E-state index in [0.717, 1.165) is 50.8 Å². The van der Waals surface area contributed by atoms with Crippen LogP contribution in [-0.2, 0) is 0 Å². The molecule has 0 radical (unpaired) electrons. The summed E-state index contributed by atoms with van der Waals surface area (Å²) in [5.74, 6) is 2.00. The summed E-state index contributed by atoms with van der Waals surface area (Å²) in [6.45, 7) is 9.56. The number of anilines is 1. The first-order valence-electron chi connectivity index (χ1n) is 6.86. The molecule has 0 N–H and O–H groups in total. The van der Waals surface area contributed by atoms with Crippen molar-refractivity contribution in [3.05, 3.63) is 17.8 Å². The predicted octanol–water partition coefficient (Wildman–Crippen LogP) is 1.68. The highest BCUT2D eigenvalue weighted by Crippen LogP contribution is 2.33. The van der Waals surface area contributed by atoms with E-state index in [9.17, 15) is 0 Å². The molecule has 1 aromatic heterocycles. The fraction of sp³-hybridized carbons (Fsp3) is 0.643. The Bertz CT molecular complexity index is 435. The Morgan fingerprint density at radius 2 is 2.33 bits per heavy atom. The number of nitrogens with zero attached hydrogens (tertiary/aromatic N) is 3. The number of aryl methyl sites for hydroxylation is 1. The Balaban J connectivity index is 1.90. The van der Waals surface area contributed by atoms with Gasteiger partial charge in [0.1, 0.15) is 0 Å². The van der Waals surface area contributed by atoms with Gasteiger partial charge in [-0.15, -0.1) is 0 Å². The minimum Gasteiger partial charge on any atom is -0.490 e. The Morgan fingerprint density at radius 1 is 1.44 bits per heavy atom. The highest BCUT2D eigenvalue weighted by molar-refractivity contribution is 5.55. The van der Waals surface area contributed by atoms with Crippen molar-refractivity contribution in [2.75, 3.05) is 37.7 Å². The second-order valence-electron chi connectivity index (χ2n) is 5.21. The minimum absolute atomic E-state index is 0.551. The van der Waals surface area contributed by atoms with E-state index in [1.165, 1.54) is 5.56 Å². The average Bonchev–Trinajstić information content (AvgIpc) is 2.56. The van der Waals surface area contributed by atoms with Gasteiger partial charge < -0.3 is 9.64 Å². The molecule has 4 nitrogen and oxygen atoms in total. The van der Waals surface area contributed by atoms with Gasteiger partial charge >= 0.3 is 0 Å². The molecule has 1 aromatic rings. The molecule has 0 spiro atoms. The summed E-state index contributed by atoms with van der Waals surface area (Å²) in [6, 6.07) is 2.66. The van der Waals surface area contributed by atoms with E-state index < -0.39 is 0 Å². The summed E-state index contributed by atoms with van der Waals surface area (Å²) >= 11 is 0. The van der Waals surface area contributed by atoms with E-state index in [1.807, 2.05) is 6.20 Å². The number of pyridine rings is 1. The minimum atomic E-state index is 0.551. The molecule has 3 rings (SSSR count). The molecule has 0 aliphatic carbocycles. The maximum Gasteiger partial charge on any atom is 0.171 e. The molecular weight excluding hydrogens is 226 g/mol. The van der Waals surface area contributed by atoms with Crippen molar-refractivity contribution >= 4 is 5.82 Å². The van der Waals surface area contributed by atoms with E-state index >= 15 is 0 Å². The van der Waals surface area contributed by atoms with Crippen molar-refractivity contribution in [2.24, 2.45) is 0 Å². The number of aromatic nitrogens is 1. The first kappa shape index (κ1) is 11.8. The van der Waals surface area contributed by atoms with Crippen LogP contribution in [0.1, 0.15) is 18.9 Å². The lowest BCUT2D eigenvalue weighted by molar-refractivity contribution is 0.217. The first-order valence-corrected chi connectivity index (χ1v) is 6.86. The molecule has 1 atom stereocenters. The molecule has 1 saturated heterocycles. The molecule has 98 valence electrons. The summed E-state index contributed by atoms with van der Waals surface area (Å²) in [7, 11) is 0. The van der Waals surface area contributed by atoms with Crippen molar-refractivity contribution in [3.63, 3.8) is 0 Å². The third-order valence-electron chi connectivity index (χ3n) is 3.96. The number of hydrogen-bond donors (Lipinski definition) is 0. The Morgan fingerprint density at radius 3 is 3.17 bits per heavy atom. The standard InChI is InChI=1S/C14H21N3O/c1-3-16-5-6-17-12(10-16)4-7-18-13-8-11(2)9-15-14(13)17/h8-9,12H,3-7,10H2,1-2H3/t12-/m0/s1. The maximum absolute atomic E-state index is 5.87. The third-order valence-corrected chi connectivity index (χ3v) is 3.96. The highest BCUT2D eigenvalue weighted by atomic mass is 16.5. The van der Waals surface area contributed by atoms with Gasteiger partial charge in [0.15, 0.2) is 11.6 Å². The van der Waals surface area contributed by atoms with Crippen molar-refractivity contribution in [1.29, 1.82) is 0 Å². The van der Waals surface area contributed by atoms with Crippen LogP contribution in [0.25, 0.3) is 0 Å². The predicted molar refractivity (Wildman–Crippen MR) is 72.3 cm³/mol. The zero-order valence-corrected chi connectivity index (χ0v) is 11.2. The van der Waals surface area contributed by atoms with Gasteiger partial charge in [0.25, 0.3) is 0 Å². The van der Waals surface area contributed by atoms with Crippen LogP contribution in [0.15, 0.2) is 12.3 Å². The lowest BCUT2D eigenvalue weighted by atomic mass is 10.1. The van der Waals surface area contributed by atoms with Gasteiger partial charge in [0.05, 0.1) is 6.61 Å². The van der Waals surface area contributed by atoms with Crippen molar-refractivity contribution in [1.82, 2.24) is 9.88 Å². The zero-order valence-electron chi connectivity index (χ0n) is 11.2. The largest absolute Gasteiger partial charge is 0.490 e. The molecule has 0 amide bonds. The number of fused-ring (bicyclic) bond motifs is 3. The fourth-order valence-electron chi connectivity index (χ4n) is 2.89. The summed E-state index contributed by atoms with van der Waals surface area (Å²) in [5.41, 5.74) is 1.17. The Hall–Kier alpha value is -1.29. The van der Waals surface area contributed by atoms with E-state index in [4.69, 9.17) is 4.74 Å². The number of ether oxygens (including phenoxy) is 1. The maximum atomic E-state index is 5.87. The van der Waals surface area contributed by atoms with Crippen molar-refractivity contribution < 1.29 is 4.74 Å². The van der Waals surface area contributed by atoms with Crippen LogP contribution in [0.4, 0.5) is 5.82 Å². The molecule has 0 aromatic carbocycles.